The maximum atomic E-state index is 5.37. The Morgan fingerprint density at radius 3 is 2.86 bits per heavy atom. The highest BCUT2D eigenvalue weighted by Crippen LogP contribution is 2.28. The van der Waals surface area contributed by atoms with E-state index in [1.54, 1.807) is 28.8 Å². The number of aromatic nitrogens is 6. The van der Waals surface area contributed by atoms with Crippen LogP contribution in [0.5, 0.6) is 5.75 Å². The van der Waals surface area contributed by atoms with Crippen LogP contribution >= 0.6 is 0 Å². The first kappa shape index (κ1) is 11.8. The van der Waals surface area contributed by atoms with Gasteiger partial charge in [0.05, 0.1) is 24.3 Å². The molecule has 4 aromatic rings. The zero-order valence-corrected chi connectivity index (χ0v) is 11.6. The smallest absolute Gasteiger partial charge is 0.185 e. The molecule has 0 fully saturated rings. The van der Waals surface area contributed by atoms with Crippen LogP contribution in [-0.2, 0) is 7.05 Å². The lowest BCUT2D eigenvalue weighted by Gasteiger charge is -2.03. The third kappa shape index (κ3) is 1.67. The maximum absolute atomic E-state index is 5.37. The van der Waals surface area contributed by atoms with Crippen molar-refractivity contribution in [1.82, 2.24) is 29.4 Å². The zero-order chi connectivity index (χ0) is 14.4. The topological polar surface area (TPSA) is 70.1 Å². The van der Waals surface area contributed by atoms with Gasteiger partial charge in [-0.15, -0.1) is 5.10 Å². The Labute approximate surface area is 119 Å². The molecule has 104 valence electrons. The van der Waals surface area contributed by atoms with E-state index < -0.39 is 0 Å². The lowest BCUT2D eigenvalue weighted by molar-refractivity contribution is 0.416. The Bertz CT molecular complexity index is 955. The van der Waals surface area contributed by atoms with Gasteiger partial charge in [0, 0.05) is 7.05 Å². The first-order valence-electron chi connectivity index (χ1n) is 6.44. The van der Waals surface area contributed by atoms with Crippen LogP contribution in [0.25, 0.3) is 28.1 Å². The summed E-state index contributed by atoms with van der Waals surface area (Å²) >= 11 is 0. The summed E-state index contributed by atoms with van der Waals surface area (Å²) in [6, 6.07) is 7.67. The average Bonchev–Trinajstić information content (AvgIpc) is 3.10. The van der Waals surface area contributed by atoms with E-state index >= 15 is 0 Å². The molecule has 0 amide bonds. The molecular weight excluding hydrogens is 268 g/mol. The minimum absolute atomic E-state index is 0.602. The van der Waals surface area contributed by atoms with Crippen LogP contribution in [0.15, 0.2) is 36.8 Å². The molecule has 7 nitrogen and oxygen atoms in total. The molecule has 21 heavy (non-hydrogen) atoms. The van der Waals surface area contributed by atoms with Crippen molar-refractivity contribution in [2.45, 2.75) is 0 Å². The number of hydrogen-bond acceptors (Lipinski definition) is 5. The number of benzene rings is 1. The van der Waals surface area contributed by atoms with Crippen molar-refractivity contribution < 1.29 is 4.74 Å². The molecule has 4 rings (SSSR count). The second-order valence-corrected chi connectivity index (χ2v) is 4.65. The molecule has 0 radical (unpaired) electrons. The Balaban J connectivity index is 2.00. The fraction of sp³-hybridized carbons (Fsp3) is 0.143. The van der Waals surface area contributed by atoms with Crippen LogP contribution in [-0.4, -0.2) is 36.5 Å². The average molecular weight is 280 g/mol. The van der Waals surface area contributed by atoms with E-state index in [1.807, 2.05) is 31.3 Å². The van der Waals surface area contributed by atoms with Gasteiger partial charge in [-0.25, -0.2) is 14.5 Å². The minimum atomic E-state index is 0.602. The summed E-state index contributed by atoms with van der Waals surface area (Å²) in [6.45, 7) is 0. The third-order valence-electron chi connectivity index (χ3n) is 3.42. The second kappa shape index (κ2) is 4.27. The number of rotatable bonds is 2. The lowest BCUT2D eigenvalue weighted by Crippen LogP contribution is -1.95. The predicted octanol–water partition coefficient (Wildman–Crippen LogP) is 1.69. The summed E-state index contributed by atoms with van der Waals surface area (Å²) in [6.07, 6.45) is 3.39. The van der Waals surface area contributed by atoms with Crippen molar-refractivity contribution in [3.63, 3.8) is 0 Å². The maximum Gasteiger partial charge on any atom is 0.185 e. The van der Waals surface area contributed by atoms with Gasteiger partial charge in [0.1, 0.15) is 12.1 Å². The fourth-order valence-corrected chi connectivity index (χ4v) is 2.38. The summed E-state index contributed by atoms with van der Waals surface area (Å²) < 4.78 is 8.74. The normalized spacial score (nSPS) is 11.3. The summed E-state index contributed by atoms with van der Waals surface area (Å²) in [5, 5.41) is 9.56. The molecular formula is C14H12N6O. The molecule has 0 aliphatic heterocycles. The molecule has 0 aliphatic carbocycles. The van der Waals surface area contributed by atoms with Crippen LogP contribution in [0, 0.1) is 0 Å². The van der Waals surface area contributed by atoms with Crippen LogP contribution in [0.4, 0.5) is 0 Å². The van der Waals surface area contributed by atoms with Crippen molar-refractivity contribution in [3.05, 3.63) is 36.8 Å². The number of nitrogens with zero attached hydrogens (tertiary/aromatic N) is 6. The first-order valence-corrected chi connectivity index (χ1v) is 6.44. The molecule has 3 heterocycles. The Kier molecular flexibility index (Phi) is 2.41. The molecule has 0 saturated heterocycles. The van der Waals surface area contributed by atoms with E-state index in [1.165, 1.54) is 0 Å². The molecule has 0 bridgehead atoms. The molecule has 0 aliphatic rings. The molecule has 3 aromatic heterocycles. The van der Waals surface area contributed by atoms with Gasteiger partial charge in [-0.3, -0.25) is 4.68 Å². The Morgan fingerprint density at radius 1 is 1.14 bits per heavy atom. The predicted molar refractivity (Wildman–Crippen MR) is 77.0 cm³/mol. The molecule has 0 N–H and O–H groups in total. The number of fused-ring (bicyclic) bond motifs is 3. The van der Waals surface area contributed by atoms with E-state index in [-0.39, 0.29) is 0 Å². The highest BCUT2D eigenvalue weighted by atomic mass is 16.5. The highest BCUT2D eigenvalue weighted by molar-refractivity contribution is 5.89. The number of hydrogen-bond donors (Lipinski definition) is 0. The van der Waals surface area contributed by atoms with Gasteiger partial charge in [-0.2, -0.15) is 5.10 Å². The quantitative estimate of drug-likeness (QED) is 0.559. The lowest BCUT2D eigenvalue weighted by atomic mass is 10.2. The third-order valence-corrected chi connectivity index (χ3v) is 3.42. The van der Waals surface area contributed by atoms with Crippen LogP contribution in [0.3, 0.4) is 0 Å². The van der Waals surface area contributed by atoms with E-state index in [0.717, 1.165) is 28.0 Å². The van der Waals surface area contributed by atoms with Crippen LogP contribution in [0.1, 0.15) is 0 Å². The Morgan fingerprint density at radius 2 is 2.00 bits per heavy atom. The van der Waals surface area contributed by atoms with Crippen molar-refractivity contribution in [2.24, 2.45) is 7.05 Å². The van der Waals surface area contributed by atoms with E-state index in [0.29, 0.717) is 5.82 Å². The van der Waals surface area contributed by atoms with Crippen molar-refractivity contribution in [1.29, 1.82) is 0 Å². The monoisotopic (exact) mass is 280 g/mol. The van der Waals surface area contributed by atoms with E-state index in [4.69, 9.17) is 4.74 Å². The van der Waals surface area contributed by atoms with Gasteiger partial charge in [0.25, 0.3) is 0 Å². The minimum Gasteiger partial charge on any atom is -0.496 e. The van der Waals surface area contributed by atoms with Crippen molar-refractivity contribution in [3.8, 4) is 17.1 Å². The molecule has 0 spiro atoms. The van der Waals surface area contributed by atoms with Crippen LogP contribution in [0.2, 0.25) is 0 Å². The molecule has 7 heteroatoms. The summed E-state index contributed by atoms with van der Waals surface area (Å²) in [5.74, 6) is 1.34. The van der Waals surface area contributed by atoms with E-state index in [2.05, 4.69) is 20.2 Å². The number of aryl methyl sites for hydroxylation is 1. The van der Waals surface area contributed by atoms with Gasteiger partial charge in [-0.1, -0.05) is 12.1 Å². The van der Waals surface area contributed by atoms with Gasteiger partial charge >= 0.3 is 0 Å². The van der Waals surface area contributed by atoms with Gasteiger partial charge < -0.3 is 4.74 Å². The Hall–Kier alpha value is -2.96. The van der Waals surface area contributed by atoms with Crippen LogP contribution < -0.4 is 4.74 Å². The van der Waals surface area contributed by atoms with Gasteiger partial charge in [0.15, 0.2) is 17.1 Å². The standard InChI is InChI=1S/C14H12N6O/c1-19-13-10(7-16-19)14-17-12(18-20(14)8-15-13)9-5-3-4-6-11(9)21-2/h3-8H,1-2H3. The molecule has 0 unspecified atom stereocenters. The van der Waals surface area contributed by atoms with Crippen molar-refractivity contribution >= 4 is 16.7 Å². The molecule has 0 atom stereocenters. The SMILES string of the molecule is COc1ccccc1-c1nc2c3cnn(C)c3ncn2n1. The number of ether oxygens (including phenoxy) is 1. The van der Waals surface area contributed by atoms with Crippen molar-refractivity contribution in [2.75, 3.05) is 7.11 Å². The molecule has 0 saturated carbocycles. The van der Waals surface area contributed by atoms with Gasteiger partial charge in [-0.05, 0) is 12.1 Å². The summed E-state index contributed by atoms with van der Waals surface area (Å²) in [5.41, 5.74) is 2.36. The zero-order valence-electron chi connectivity index (χ0n) is 11.6. The summed E-state index contributed by atoms with van der Waals surface area (Å²) in [7, 11) is 3.48. The second-order valence-electron chi connectivity index (χ2n) is 4.65. The van der Waals surface area contributed by atoms with E-state index in [9.17, 15) is 0 Å². The fourth-order valence-electron chi connectivity index (χ4n) is 2.38. The summed E-state index contributed by atoms with van der Waals surface area (Å²) in [4.78, 5) is 8.96. The molecule has 1 aromatic carbocycles. The van der Waals surface area contributed by atoms with Gasteiger partial charge in [0.2, 0.25) is 0 Å². The number of methoxy groups -OCH3 is 1. The number of para-hydroxylation sites is 1. The highest BCUT2D eigenvalue weighted by Gasteiger charge is 2.14. The largest absolute Gasteiger partial charge is 0.496 e. The first-order chi connectivity index (χ1) is 10.3.